The molecule has 1 aromatic heterocycles. The summed E-state index contributed by atoms with van der Waals surface area (Å²) in [7, 11) is 0. The average molecular weight is 166 g/mol. The molecule has 0 spiro atoms. The minimum absolute atomic E-state index is 0.547. The summed E-state index contributed by atoms with van der Waals surface area (Å²) < 4.78 is 2.25. The Bertz CT molecular complexity index is 261. The maximum atomic E-state index is 4.28. The summed E-state index contributed by atoms with van der Waals surface area (Å²) in [6.45, 7) is 10.9. The first kappa shape index (κ1) is 9.30. The van der Waals surface area contributed by atoms with Crippen LogP contribution in [0.4, 0.5) is 0 Å². The summed E-state index contributed by atoms with van der Waals surface area (Å²) in [6, 6.07) is 0.547. The highest BCUT2D eigenvalue weighted by Gasteiger charge is 2.12. The number of aromatic nitrogens is 2. The SMILES string of the molecule is Cc1ncn(C(C)C(C)C)c1C. The van der Waals surface area contributed by atoms with Crippen LogP contribution >= 0.6 is 0 Å². The lowest BCUT2D eigenvalue weighted by Gasteiger charge is -2.18. The molecule has 0 N–H and O–H groups in total. The highest BCUT2D eigenvalue weighted by Crippen LogP contribution is 2.19. The summed E-state index contributed by atoms with van der Waals surface area (Å²) in [6.07, 6.45) is 1.94. The third kappa shape index (κ3) is 1.52. The van der Waals surface area contributed by atoms with E-state index in [4.69, 9.17) is 0 Å². The molecule has 1 rings (SSSR count). The van der Waals surface area contributed by atoms with Gasteiger partial charge in [0, 0.05) is 11.7 Å². The van der Waals surface area contributed by atoms with Crippen LogP contribution in [-0.4, -0.2) is 9.55 Å². The topological polar surface area (TPSA) is 17.8 Å². The van der Waals surface area contributed by atoms with Crippen LogP contribution in [0.5, 0.6) is 0 Å². The van der Waals surface area contributed by atoms with Crippen molar-refractivity contribution in [2.24, 2.45) is 5.92 Å². The van der Waals surface area contributed by atoms with E-state index in [1.54, 1.807) is 0 Å². The van der Waals surface area contributed by atoms with Crippen molar-refractivity contribution < 1.29 is 0 Å². The summed E-state index contributed by atoms with van der Waals surface area (Å²) in [5, 5.41) is 0. The third-order valence-corrected chi connectivity index (χ3v) is 2.69. The molecule has 0 fully saturated rings. The zero-order valence-corrected chi connectivity index (χ0v) is 8.63. The van der Waals surface area contributed by atoms with Crippen molar-refractivity contribution in [3.63, 3.8) is 0 Å². The fraction of sp³-hybridized carbons (Fsp3) is 0.700. The van der Waals surface area contributed by atoms with E-state index in [-0.39, 0.29) is 0 Å². The molecule has 0 radical (unpaired) electrons. The molecule has 12 heavy (non-hydrogen) atoms. The van der Waals surface area contributed by atoms with E-state index in [0.717, 1.165) is 5.69 Å². The van der Waals surface area contributed by atoms with Crippen molar-refractivity contribution in [3.05, 3.63) is 17.7 Å². The van der Waals surface area contributed by atoms with E-state index in [9.17, 15) is 0 Å². The summed E-state index contributed by atoms with van der Waals surface area (Å²) >= 11 is 0. The first-order valence-corrected chi connectivity index (χ1v) is 4.54. The first-order valence-electron chi connectivity index (χ1n) is 4.54. The normalized spacial score (nSPS) is 13.8. The molecule has 1 unspecified atom stereocenters. The monoisotopic (exact) mass is 166 g/mol. The molecular weight excluding hydrogens is 148 g/mol. The molecule has 0 aliphatic rings. The molecule has 0 amide bonds. The van der Waals surface area contributed by atoms with Crippen molar-refractivity contribution in [3.8, 4) is 0 Å². The zero-order valence-electron chi connectivity index (χ0n) is 8.63. The smallest absolute Gasteiger partial charge is 0.0954 e. The number of rotatable bonds is 2. The summed E-state index contributed by atoms with van der Waals surface area (Å²) in [4.78, 5) is 4.28. The Labute approximate surface area is 74.6 Å². The fourth-order valence-corrected chi connectivity index (χ4v) is 1.25. The van der Waals surface area contributed by atoms with Gasteiger partial charge < -0.3 is 4.57 Å². The van der Waals surface area contributed by atoms with Gasteiger partial charge in [0.2, 0.25) is 0 Å². The van der Waals surface area contributed by atoms with Crippen LogP contribution in [0.3, 0.4) is 0 Å². The predicted octanol–water partition coefficient (Wildman–Crippen LogP) is 2.72. The average Bonchev–Trinajstić information content (AvgIpc) is 2.32. The number of aryl methyl sites for hydroxylation is 1. The Morgan fingerprint density at radius 2 is 1.83 bits per heavy atom. The second-order valence-electron chi connectivity index (χ2n) is 3.81. The fourth-order valence-electron chi connectivity index (χ4n) is 1.25. The molecule has 1 aromatic rings. The molecule has 2 nitrogen and oxygen atoms in total. The van der Waals surface area contributed by atoms with Crippen LogP contribution in [-0.2, 0) is 0 Å². The molecule has 1 atom stereocenters. The van der Waals surface area contributed by atoms with E-state index in [1.807, 2.05) is 6.33 Å². The van der Waals surface area contributed by atoms with Gasteiger partial charge in [-0.05, 0) is 26.7 Å². The largest absolute Gasteiger partial charge is 0.332 e. The van der Waals surface area contributed by atoms with Crippen molar-refractivity contribution in [1.82, 2.24) is 9.55 Å². The molecule has 0 saturated heterocycles. The lowest BCUT2D eigenvalue weighted by molar-refractivity contribution is 0.401. The zero-order chi connectivity index (χ0) is 9.30. The van der Waals surface area contributed by atoms with Crippen LogP contribution in [0.2, 0.25) is 0 Å². The van der Waals surface area contributed by atoms with E-state index < -0.39 is 0 Å². The Kier molecular flexibility index (Phi) is 2.55. The highest BCUT2D eigenvalue weighted by molar-refractivity contribution is 5.09. The molecule has 0 aliphatic carbocycles. The second-order valence-corrected chi connectivity index (χ2v) is 3.81. The van der Waals surface area contributed by atoms with Gasteiger partial charge in [-0.15, -0.1) is 0 Å². The Hall–Kier alpha value is -0.790. The maximum Gasteiger partial charge on any atom is 0.0954 e. The molecule has 0 aliphatic heterocycles. The molecule has 68 valence electrons. The van der Waals surface area contributed by atoms with Crippen LogP contribution in [0.1, 0.15) is 38.2 Å². The summed E-state index contributed by atoms with van der Waals surface area (Å²) in [5.74, 6) is 0.664. The quantitative estimate of drug-likeness (QED) is 0.660. The number of nitrogens with zero attached hydrogens (tertiary/aromatic N) is 2. The molecular formula is C10H18N2. The van der Waals surface area contributed by atoms with Crippen molar-refractivity contribution in [1.29, 1.82) is 0 Å². The lowest BCUT2D eigenvalue weighted by Crippen LogP contribution is -2.11. The maximum absolute atomic E-state index is 4.28. The standard InChI is InChI=1S/C10H18N2/c1-7(2)9(4)12-6-11-8(3)10(12)5/h6-7,9H,1-5H3. The minimum Gasteiger partial charge on any atom is -0.332 e. The van der Waals surface area contributed by atoms with Crippen molar-refractivity contribution >= 4 is 0 Å². The van der Waals surface area contributed by atoms with Gasteiger partial charge in [0.05, 0.1) is 12.0 Å². The molecule has 0 saturated carbocycles. The second kappa shape index (κ2) is 3.30. The van der Waals surface area contributed by atoms with E-state index in [2.05, 4.69) is 44.2 Å². The first-order chi connectivity index (χ1) is 5.54. The van der Waals surface area contributed by atoms with Crippen LogP contribution < -0.4 is 0 Å². The van der Waals surface area contributed by atoms with Crippen molar-refractivity contribution in [2.75, 3.05) is 0 Å². The third-order valence-electron chi connectivity index (χ3n) is 2.69. The predicted molar refractivity (Wildman–Crippen MR) is 51.3 cm³/mol. The molecule has 0 aromatic carbocycles. The molecule has 2 heteroatoms. The van der Waals surface area contributed by atoms with Crippen molar-refractivity contribution in [2.45, 2.75) is 40.7 Å². The number of imidazole rings is 1. The summed E-state index contributed by atoms with van der Waals surface area (Å²) in [5.41, 5.74) is 2.43. The Morgan fingerprint density at radius 3 is 2.17 bits per heavy atom. The van der Waals surface area contributed by atoms with Crippen LogP contribution in [0, 0.1) is 19.8 Å². The van der Waals surface area contributed by atoms with Gasteiger partial charge in [-0.2, -0.15) is 0 Å². The lowest BCUT2D eigenvalue weighted by atomic mass is 10.1. The number of hydrogen-bond acceptors (Lipinski definition) is 1. The van der Waals surface area contributed by atoms with Gasteiger partial charge in [0.15, 0.2) is 0 Å². The molecule has 1 heterocycles. The van der Waals surface area contributed by atoms with Gasteiger partial charge in [0.1, 0.15) is 0 Å². The Balaban J connectivity index is 2.95. The van der Waals surface area contributed by atoms with E-state index in [1.165, 1.54) is 5.69 Å². The number of hydrogen-bond donors (Lipinski definition) is 0. The van der Waals surface area contributed by atoms with E-state index >= 15 is 0 Å². The van der Waals surface area contributed by atoms with Gasteiger partial charge in [-0.25, -0.2) is 4.98 Å². The van der Waals surface area contributed by atoms with Crippen LogP contribution in [0.25, 0.3) is 0 Å². The van der Waals surface area contributed by atoms with E-state index in [0.29, 0.717) is 12.0 Å². The van der Waals surface area contributed by atoms with Gasteiger partial charge in [-0.1, -0.05) is 13.8 Å². The minimum atomic E-state index is 0.547. The van der Waals surface area contributed by atoms with Gasteiger partial charge in [0.25, 0.3) is 0 Å². The van der Waals surface area contributed by atoms with Crippen LogP contribution in [0.15, 0.2) is 6.33 Å². The highest BCUT2D eigenvalue weighted by atomic mass is 15.1. The Morgan fingerprint density at radius 1 is 1.25 bits per heavy atom. The van der Waals surface area contributed by atoms with Gasteiger partial charge in [-0.3, -0.25) is 0 Å². The van der Waals surface area contributed by atoms with Gasteiger partial charge >= 0.3 is 0 Å². The molecule has 0 bridgehead atoms.